The summed E-state index contributed by atoms with van der Waals surface area (Å²) in [5, 5.41) is 11.3. The fourth-order valence-corrected chi connectivity index (χ4v) is 2.95. The van der Waals surface area contributed by atoms with Gasteiger partial charge in [-0.3, -0.25) is 9.69 Å². The smallest absolute Gasteiger partial charge is 0.387 e. The second-order valence-electron chi connectivity index (χ2n) is 5.79. The largest absolute Gasteiger partial charge is 0.435 e. The fourth-order valence-electron chi connectivity index (χ4n) is 2.95. The second kappa shape index (κ2) is 6.72. The Kier molecular flexibility index (Phi) is 4.60. The molecule has 2 aromatic rings. The molecule has 0 saturated carbocycles. The van der Waals surface area contributed by atoms with E-state index in [4.69, 9.17) is 5.73 Å². The number of carbonyl (C=O) groups is 1. The molecule has 0 spiro atoms. The highest BCUT2D eigenvalue weighted by Gasteiger charge is 2.49. The molecule has 1 heterocycles. The third-order valence-corrected chi connectivity index (χ3v) is 4.25. The molecule has 3 rings (SSSR count). The topological polar surface area (TPSA) is 87.8 Å². The van der Waals surface area contributed by atoms with Crippen molar-refractivity contribution in [2.24, 2.45) is 10.7 Å². The third kappa shape index (κ3) is 2.88. The predicted molar refractivity (Wildman–Crippen MR) is 89.1 cm³/mol. The number of nitrogens with two attached hydrogens (primary N) is 1. The summed E-state index contributed by atoms with van der Waals surface area (Å²) < 4.78 is 29.1. The highest BCUT2D eigenvalue weighted by atomic mass is 19.3. The van der Waals surface area contributed by atoms with Gasteiger partial charge in [-0.2, -0.15) is 8.78 Å². The van der Waals surface area contributed by atoms with Gasteiger partial charge in [0.05, 0.1) is 0 Å². The molecule has 1 aliphatic heterocycles. The van der Waals surface area contributed by atoms with Crippen molar-refractivity contribution in [2.75, 3.05) is 7.05 Å². The van der Waals surface area contributed by atoms with E-state index in [9.17, 15) is 18.7 Å². The highest BCUT2D eigenvalue weighted by Crippen LogP contribution is 2.40. The van der Waals surface area contributed by atoms with E-state index in [0.717, 1.165) is 0 Å². The maximum atomic E-state index is 13.0. The summed E-state index contributed by atoms with van der Waals surface area (Å²) in [7, 11) is 1.49. The Labute approximate surface area is 148 Å². The van der Waals surface area contributed by atoms with Gasteiger partial charge in [0, 0.05) is 7.05 Å². The fraction of sp³-hybridized carbons (Fsp3) is 0.222. The first-order chi connectivity index (χ1) is 12.4. The number of benzene rings is 2. The SMILES string of the molecule is CN1C(=O)C(c2ccc(OC(F)F)cc2)(c2cccc(C[O])c2)N=C1N. The lowest BCUT2D eigenvalue weighted by Gasteiger charge is -2.26. The average Bonchev–Trinajstić information content (AvgIpc) is 2.87. The van der Waals surface area contributed by atoms with Gasteiger partial charge in [0.15, 0.2) is 11.5 Å². The number of guanidine groups is 1. The summed E-state index contributed by atoms with van der Waals surface area (Å²) in [5.74, 6) is -0.418. The maximum absolute atomic E-state index is 13.0. The standard InChI is InChI=1S/C18H16F2N3O3/c1-23-15(25)18(22-17(23)21,13-4-2-3-11(9-13)10-24)12-5-7-14(8-6-12)26-16(19)20/h2-9,16H,10H2,1H3,(H2,21,22). The predicted octanol–water partition coefficient (Wildman–Crippen LogP) is 2.25. The van der Waals surface area contributed by atoms with Crippen LogP contribution in [0.5, 0.6) is 5.75 Å². The van der Waals surface area contributed by atoms with Gasteiger partial charge in [0.1, 0.15) is 12.4 Å². The van der Waals surface area contributed by atoms with Crippen molar-refractivity contribution < 1.29 is 23.4 Å². The molecular weight excluding hydrogens is 344 g/mol. The minimum atomic E-state index is -2.95. The molecule has 8 heteroatoms. The average molecular weight is 360 g/mol. The quantitative estimate of drug-likeness (QED) is 0.887. The molecule has 1 amide bonds. The number of hydrogen-bond donors (Lipinski definition) is 1. The van der Waals surface area contributed by atoms with Crippen LogP contribution in [0.4, 0.5) is 8.78 Å². The lowest BCUT2D eigenvalue weighted by Crippen LogP contribution is -2.41. The molecule has 0 aliphatic carbocycles. The summed E-state index contributed by atoms with van der Waals surface area (Å²) in [5.41, 5.74) is 5.78. The van der Waals surface area contributed by atoms with Crippen LogP contribution < -0.4 is 10.5 Å². The lowest BCUT2D eigenvalue weighted by molar-refractivity contribution is -0.129. The number of aliphatic imine (C=N–C) groups is 1. The number of alkyl halides is 2. The molecule has 26 heavy (non-hydrogen) atoms. The van der Waals surface area contributed by atoms with E-state index in [0.29, 0.717) is 16.7 Å². The molecule has 2 N–H and O–H groups in total. The van der Waals surface area contributed by atoms with Gasteiger partial charge >= 0.3 is 6.61 Å². The van der Waals surface area contributed by atoms with Crippen molar-refractivity contribution >= 4 is 11.9 Å². The molecular formula is C18H16F2N3O3. The summed E-state index contributed by atoms with van der Waals surface area (Å²) in [4.78, 5) is 18.6. The van der Waals surface area contributed by atoms with Crippen LogP contribution in [0.25, 0.3) is 0 Å². The van der Waals surface area contributed by atoms with E-state index >= 15 is 0 Å². The summed E-state index contributed by atoms with van der Waals surface area (Å²) in [6.45, 7) is -3.40. The maximum Gasteiger partial charge on any atom is 0.387 e. The number of likely N-dealkylation sites (N-methyl/N-ethyl adjacent to an activating group) is 1. The second-order valence-corrected chi connectivity index (χ2v) is 5.79. The Morgan fingerprint density at radius 1 is 1.19 bits per heavy atom. The van der Waals surface area contributed by atoms with Gasteiger partial charge in [-0.25, -0.2) is 10.1 Å². The van der Waals surface area contributed by atoms with Crippen molar-refractivity contribution in [3.63, 3.8) is 0 Å². The molecule has 0 saturated heterocycles. The zero-order valence-corrected chi connectivity index (χ0v) is 13.9. The molecule has 1 radical (unpaired) electrons. The Morgan fingerprint density at radius 3 is 2.42 bits per heavy atom. The zero-order chi connectivity index (χ0) is 18.9. The van der Waals surface area contributed by atoms with E-state index in [1.54, 1.807) is 24.3 Å². The van der Waals surface area contributed by atoms with Gasteiger partial charge < -0.3 is 10.5 Å². The van der Waals surface area contributed by atoms with Gasteiger partial charge in [-0.1, -0.05) is 36.4 Å². The molecule has 6 nitrogen and oxygen atoms in total. The summed E-state index contributed by atoms with van der Waals surface area (Å²) >= 11 is 0. The Bertz CT molecular complexity index is 855. The van der Waals surface area contributed by atoms with Crippen LogP contribution in [0.15, 0.2) is 53.5 Å². The van der Waals surface area contributed by atoms with Gasteiger partial charge in [-0.15, -0.1) is 0 Å². The van der Waals surface area contributed by atoms with E-state index in [2.05, 4.69) is 9.73 Å². The van der Waals surface area contributed by atoms with E-state index < -0.39 is 24.7 Å². The van der Waals surface area contributed by atoms with Crippen LogP contribution in [0.1, 0.15) is 16.7 Å². The Morgan fingerprint density at radius 2 is 1.88 bits per heavy atom. The van der Waals surface area contributed by atoms with Crippen molar-refractivity contribution in [1.82, 2.24) is 4.90 Å². The number of rotatable bonds is 5. The van der Waals surface area contributed by atoms with Crippen molar-refractivity contribution in [2.45, 2.75) is 18.8 Å². The Balaban J connectivity index is 2.15. The highest BCUT2D eigenvalue weighted by molar-refractivity contribution is 6.08. The zero-order valence-electron chi connectivity index (χ0n) is 13.9. The minimum Gasteiger partial charge on any atom is -0.435 e. The molecule has 1 unspecified atom stereocenters. The Hall–Kier alpha value is -3.00. The summed E-state index contributed by atoms with van der Waals surface area (Å²) in [6.07, 6.45) is 0. The molecule has 2 aromatic carbocycles. The number of hydrogen-bond acceptors (Lipinski definition) is 4. The van der Waals surface area contributed by atoms with Crippen LogP contribution in [0, 0.1) is 0 Å². The van der Waals surface area contributed by atoms with Crippen molar-refractivity contribution in [3.05, 3.63) is 65.2 Å². The van der Waals surface area contributed by atoms with Crippen molar-refractivity contribution in [1.29, 1.82) is 0 Å². The third-order valence-electron chi connectivity index (χ3n) is 4.25. The lowest BCUT2D eigenvalue weighted by atomic mass is 9.82. The van der Waals surface area contributed by atoms with Crippen LogP contribution in [-0.2, 0) is 22.0 Å². The van der Waals surface area contributed by atoms with Gasteiger partial charge in [0.2, 0.25) is 0 Å². The normalized spacial score (nSPS) is 19.8. The first-order valence-corrected chi connectivity index (χ1v) is 7.75. The molecule has 1 aliphatic rings. The van der Waals surface area contributed by atoms with Crippen LogP contribution >= 0.6 is 0 Å². The molecule has 0 fully saturated rings. The number of ether oxygens (including phenoxy) is 1. The van der Waals surface area contributed by atoms with Crippen molar-refractivity contribution in [3.8, 4) is 5.75 Å². The van der Waals surface area contributed by atoms with Gasteiger partial charge in [0.25, 0.3) is 5.91 Å². The number of amides is 1. The number of halogens is 2. The number of carbonyl (C=O) groups excluding carboxylic acids is 1. The van der Waals surface area contributed by atoms with Crippen LogP contribution in [-0.4, -0.2) is 30.4 Å². The first-order valence-electron chi connectivity index (χ1n) is 7.75. The van der Waals surface area contributed by atoms with Gasteiger partial charge in [-0.05, 0) is 28.8 Å². The van der Waals surface area contributed by atoms with Crippen LogP contribution in [0.2, 0.25) is 0 Å². The molecule has 1 atom stereocenters. The van der Waals surface area contributed by atoms with E-state index in [1.165, 1.54) is 36.2 Å². The van der Waals surface area contributed by atoms with Crippen LogP contribution in [0.3, 0.4) is 0 Å². The van der Waals surface area contributed by atoms with E-state index in [-0.39, 0.29) is 11.7 Å². The minimum absolute atomic E-state index is 0.0235. The monoisotopic (exact) mass is 360 g/mol. The molecule has 0 bridgehead atoms. The molecule has 135 valence electrons. The summed E-state index contributed by atoms with van der Waals surface area (Å²) in [6, 6.07) is 12.2. The first kappa shape index (κ1) is 17.8. The molecule has 0 aromatic heterocycles. The number of nitrogens with zero attached hydrogens (tertiary/aromatic N) is 2. The van der Waals surface area contributed by atoms with E-state index in [1.807, 2.05) is 0 Å².